The highest BCUT2D eigenvalue weighted by Crippen LogP contribution is 2.26. The van der Waals surface area contributed by atoms with Crippen molar-refractivity contribution in [3.8, 4) is 0 Å². The Bertz CT molecular complexity index is 1810. The zero-order chi connectivity index (χ0) is 66.0. The van der Waals surface area contributed by atoms with Gasteiger partial charge < -0.3 is 45.1 Å². The van der Waals surface area contributed by atoms with Crippen molar-refractivity contribution in [2.45, 2.75) is 397 Å². The minimum Gasteiger partial charge on any atom is -0.454 e. The van der Waals surface area contributed by atoms with Gasteiger partial charge in [0.25, 0.3) is 0 Å². The average molecular weight is 1280 g/mol. The van der Waals surface area contributed by atoms with Crippen LogP contribution in [0.15, 0.2) is 85.1 Å². The summed E-state index contributed by atoms with van der Waals surface area (Å²) in [4.78, 5) is 26.8. The van der Waals surface area contributed by atoms with Crippen molar-refractivity contribution >= 4 is 11.9 Å². The Balaban J connectivity index is 2.54. The van der Waals surface area contributed by atoms with Gasteiger partial charge in [0.05, 0.1) is 25.4 Å². The molecule has 0 aliphatic carbocycles. The lowest BCUT2D eigenvalue weighted by atomic mass is 9.99. The highest BCUT2D eigenvalue weighted by atomic mass is 16.7. The molecule has 1 aliphatic heterocycles. The van der Waals surface area contributed by atoms with Crippen molar-refractivity contribution in [2.24, 2.45) is 0 Å². The van der Waals surface area contributed by atoms with Gasteiger partial charge >= 0.3 is 5.97 Å². The van der Waals surface area contributed by atoms with Gasteiger partial charge in [-0.1, -0.05) is 324 Å². The fourth-order valence-electron chi connectivity index (χ4n) is 11.7. The molecule has 91 heavy (non-hydrogen) atoms. The first-order valence-corrected chi connectivity index (χ1v) is 38.4. The third kappa shape index (κ3) is 53.7. The number of aliphatic hydroxyl groups excluding tert-OH is 5. The van der Waals surface area contributed by atoms with Crippen molar-refractivity contribution in [3.63, 3.8) is 0 Å². The SMILES string of the molecule is CCCCC/C=C\C/C=C\C/C=C\C/C=C\CCCCCCCCC(O)C(=O)NC(COC1OC(CO)C(O)C(O)C1OC(=O)CCCCCCCCCCCCCCCCCCC/C=C\C/C=C\CCCCC)C(O)/C=C/CCCCCCCCCCCCC. The number of hydrogen-bond donors (Lipinski definition) is 6. The number of carbonyl (C=O) groups excluding carboxylic acids is 2. The zero-order valence-corrected chi connectivity index (χ0v) is 59.0. The van der Waals surface area contributed by atoms with Crippen molar-refractivity contribution in [1.82, 2.24) is 5.32 Å². The fraction of sp³-hybridized carbons (Fsp3) is 0.800. The first kappa shape index (κ1) is 85.9. The maximum atomic E-state index is 13.5. The van der Waals surface area contributed by atoms with E-state index in [-0.39, 0.29) is 19.4 Å². The van der Waals surface area contributed by atoms with Gasteiger partial charge in [0.15, 0.2) is 12.4 Å². The van der Waals surface area contributed by atoms with Crippen LogP contribution in [0.25, 0.3) is 0 Å². The second kappa shape index (κ2) is 66.8. The zero-order valence-electron chi connectivity index (χ0n) is 59.0. The molecule has 1 heterocycles. The third-order valence-electron chi connectivity index (χ3n) is 17.8. The monoisotopic (exact) mass is 1280 g/mol. The minimum atomic E-state index is -1.62. The molecular formula is C80H143NO10. The van der Waals surface area contributed by atoms with Crippen LogP contribution in [0.4, 0.5) is 0 Å². The molecule has 1 rings (SSSR count). The largest absolute Gasteiger partial charge is 0.454 e. The number of rotatable bonds is 66. The maximum absolute atomic E-state index is 13.5. The Labute approximate surface area is 559 Å². The predicted molar refractivity (Wildman–Crippen MR) is 384 cm³/mol. The summed E-state index contributed by atoms with van der Waals surface area (Å²) in [6.07, 6.45) is 79.1. The van der Waals surface area contributed by atoms with E-state index in [1.54, 1.807) is 6.08 Å². The van der Waals surface area contributed by atoms with Crippen LogP contribution in [0.2, 0.25) is 0 Å². The molecule has 8 atom stereocenters. The second-order valence-electron chi connectivity index (χ2n) is 26.4. The Morgan fingerprint density at radius 2 is 0.758 bits per heavy atom. The van der Waals surface area contributed by atoms with Crippen LogP contribution in [0, 0.1) is 0 Å². The molecule has 1 saturated heterocycles. The van der Waals surface area contributed by atoms with Crippen LogP contribution in [-0.2, 0) is 23.8 Å². The first-order valence-electron chi connectivity index (χ1n) is 38.4. The summed E-state index contributed by atoms with van der Waals surface area (Å²) in [5, 5.41) is 57.4. The van der Waals surface area contributed by atoms with E-state index in [1.165, 1.54) is 199 Å². The molecule has 11 nitrogen and oxygen atoms in total. The number of esters is 1. The lowest BCUT2D eigenvalue weighted by molar-refractivity contribution is -0.305. The van der Waals surface area contributed by atoms with Gasteiger partial charge in [-0.05, 0) is 103 Å². The lowest BCUT2D eigenvalue weighted by Crippen LogP contribution is -2.61. The van der Waals surface area contributed by atoms with Crippen LogP contribution in [0.3, 0.4) is 0 Å². The molecule has 0 aromatic carbocycles. The van der Waals surface area contributed by atoms with E-state index >= 15 is 0 Å². The van der Waals surface area contributed by atoms with Crippen LogP contribution in [0.5, 0.6) is 0 Å². The van der Waals surface area contributed by atoms with Crippen LogP contribution in [-0.4, -0.2) is 99.6 Å². The highest BCUT2D eigenvalue weighted by Gasteiger charge is 2.47. The van der Waals surface area contributed by atoms with Gasteiger partial charge in [0, 0.05) is 6.42 Å². The Hall–Kier alpha value is -3.16. The Morgan fingerprint density at radius 1 is 0.429 bits per heavy atom. The molecule has 0 bridgehead atoms. The number of amides is 1. The fourth-order valence-corrected chi connectivity index (χ4v) is 11.7. The normalized spacial score (nSPS) is 18.4. The van der Waals surface area contributed by atoms with E-state index in [1.807, 2.05) is 6.08 Å². The van der Waals surface area contributed by atoms with E-state index in [4.69, 9.17) is 14.2 Å². The molecule has 1 amide bonds. The molecule has 1 fully saturated rings. The van der Waals surface area contributed by atoms with Gasteiger partial charge in [-0.3, -0.25) is 9.59 Å². The molecular weight excluding hydrogens is 1130 g/mol. The number of ether oxygens (including phenoxy) is 3. The molecule has 0 aromatic rings. The van der Waals surface area contributed by atoms with Crippen molar-refractivity contribution in [3.05, 3.63) is 85.1 Å². The summed E-state index contributed by atoms with van der Waals surface area (Å²) < 4.78 is 17.7. The number of carbonyl (C=O) groups is 2. The van der Waals surface area contributed by atoms with E-state index in [0.717, 1.165) is 103 Å². The standard InChI is InChI=1S/C80H143NO10/c1-4-7-10-13-16-19-22-25-27-29-31-33-35-36-37-38-39-41-43-45-47-50-53-56-59-62-65-68-75(85)91-78-77(87)76(86)74(69-82)90-80(78)89-70-71(72(83)66-63-60-57-54-51-48-24-21-18-15-12-9-6-3)81-79(88)73(84)67-64-61-58-55-52-49-46-44-42-40-34-32-30-28-26-23-20-17-14-11-8-5-2/h16-17,19-20,25-28,32,34,42,44,63,66,71-74,76-78,80,82-84,86-87H,4-15,18,21-24,29-31,33,35-41,43,45-62,64-65,67-70H2,1-3H3,(H,81,88)/b19-16-,20-17-,27-25-,28-26-,34-32-,44-42-,66-63+. The minimum absolute atomic E-state index is 0.122. The Morgan fingerprint density at radius 3 is 1.15 bits per heavy atom. The van der Waals surface area contributed by atoms with E-state index < -0.39 is 67.4 Å². The molecule has 528 valence electrons. The van der Waals surface area contributed by atoms with Crippen LogP contribution >= 0.6 is 0 Å². The van der Waals surface area contributed by atoms with E-state index in [0.29, 0.717) is 12.8 Å². The first-order chi connectivity index (χ1) is 44.7. The summed E-state index contributed by atoms with van der Waals surface area (Å²) in [7, 11) is 0. The molecule has 8 unspecified atom stereocenters. The number of allylic oxidation sites excluding steroid dienone is 13. The van der Waals surface area contributed by atoms with Gasteiger partial charge in [-0.2, -0.15) is 0 Å². The second-order valence-corrected chi connectivity index (χ2v) is 26.4. The smallest absolute Gasteiger partial charge is 0.306 e. The molecule has 11 heteroatoms. The quantitative estimate of drug-likeness (QED) is 0.0195. The number of hydrogen-bond acceptors (Lipinski definition) is 10. The van der Waals surface area contributed by atoms with E-state index in [2.05, 4.69) is 99.0 Å². The summed E-state index contributed by atoms with van der Waals surface area (Å²) >= 11 is 0. The molecule has 6 N–H and O–H groups in total. The molecule has 0 aromatic heterocycles. The summed E-state index contributed by atoms with van der Waals surface area (Å²) in [6.45, 7) is 5.78. The maximum Gasteiger partial charge on any atom is 0.306 e. The lowest BCUT2D eigenvalue weighted by Gasteiger charge is -2.41. The molecule has 1 aliphatic rings. The summed E-state index contributed by atoms with van der Waals surface area (Å²) in [5.74, 6) is -1.20. The van der Waals surface area contributed by atoms with Crippen LogP contribution < -0.4 is 5.32 Å². The number of aliphatic hydroxyl groups is 5. The summed E-state index contributed by atoms with van der Waals surface area (Å²) in [5.41, 5.74) is 0. The summed E-state index contributed by atoms with van der Waals surface area (Å²) in [6, 6.07) is -1.03. The van der Waals surface area contributed by atoms with Gasteiger partial charge in [-0.25, -0.2) is 0 Å². The Kier molecular flexibility index (Phi) is 63.1. The average Bonchev–Trinajstić information content (AvgIpc) is 1.05. The third-order valence-corrected chi connectivity index (χ3v) is 17.8. The van der Waals surface area contributed by atoms with Gasteiger partial charge in [0.2, 0.25) is 5.91 Å². The predicted octanol–water partition coefficient (Wildman–Crippen LogP) is 20.4. The topological polar surface area (TPSA) is 175 Å². The molecule has 0 radical (unpaired) electrons. The molecule has 0 saturated carbocycles. The van der Waals surface area contributed by atoms with Crippen LogP contribution in [0.1, 0.15) is 348 Å². The number of unbranched alkanes of at least 4 members (excludes halogenated alkanes) is 40. The van der Waals surface area contributed by atoms with Gasteiger partial charge in [0.1, 0.15) is 24.4 Å². The van der Waals surface area contributed by atoms with E-state index in [9.17, 15) is 35.1 Å². The van der Waals surface area contributed by atoms with Gasteiger partial charge in [-0.15, -0.1) is 0 Å². The molecule has 0 spiro atoms. The van der Waals surface area contributed by atoms with Crippen molar-refractivity contribution in [1.29, 1.82) is 0 Å². The van der Waals surface area contributed by atoms with Crippen molar-refractivity contribution in [2.75, 3.05) is 13.2 Å². The van der Waals surface area contributed by atoms with Crippen molar-refractivity contribution < 1.29 is 49.3 Å². The highest BCUT2D eigenvalue weighted by molar-refractivity contribution is 5.80. The number of nitrogens with one attached hydrogen (secondary N) is 1.